The van der Waals surface area contributed by atoms with E-state index in [0.717, 1.165) is 28.3 Å². The second kappa shape index (κ2) is 8.81. The minimum atomic E-state index is -0.550. The summed E-state index contributed by atoms with van der Waals surface area (Å²) in [5.41, 5.74) is -0.0385. The number of hydrogen-bond donors (Lipinski definition) is 1. The van der Waals surface area contributed by atoms with Gasteiger partial charge < -0.3 is 5.11 Å². The minimum Gasteiger partial charge on any atom is -0.494 e. The Labute approximate surface area is 161 Å². The molecule has 1 N–H and O–H groups in total. The van der Waals surface area contributed by atoms with Crippen molar-refractivity contribution in [3.63, 3.8) is 0 Å². The zero-order valence-corrected chi connectivity index (χ0v) is 16.5. The summed E-state index contributed by atoms with van der Waals surface area (Å²) in [7, 11) is 0. The lowest BCUT2D eigenvalue weighted by Gasteiger charge is -2.15. The molecular weight excluding hydrogens is 396 g/mol. The molecule has 0 saturated heterocycles. The molecule has 0 atom stereocenters. The molecule has 1 aromatic carbocycles. The predicted octanol–water partition coefficient (Wildman–Crippen LogP) is 4.31. The number of nitrogens with zero attached hydrogens (tertiary/aromatic N) is 2. The zero-order valence-electron chi connectivity index (χ0n) is 14.9. The van der Waals surface area contributed by atoms with Crippen molar-refractivity contribution in [3.8, 4) is 11.9 Å². The van der Waals surface area contributed by atoms with E-state index in [1.165, 1.54) is 6.92 Å². The summed E-state index contributed by atoms with van der Waals surface area (Å²) in [4.78, 5) is 25.4. The van der Waals surface area contributed by atoms with Gasteiger partial charge in [0.05, 0.1) is 5.56 Å². The first-order chi connectivity index (χ1) is 12.4. The quantitative estimate of drug-likeness (QED) is 0.538. The molecular formula is C20H21BrN2O3. The fourth-order valence-electron chi connectivity index (χ4n) is 2.87. The summed E-state index contributed by atoms with van der Waals surface area (Å²) in [6.07, 6.45) is 3.68. The summed E-state index contributed by atoms with van der Waals surface area (Å²) in [5, 5.41) is 20.0. The van der Waals surface area contributed by atoms with Crippen molar-refractivity contribution in [1.82, 2.24) is 4.57 Å². The lowest BCUT2D eigenvalue weighted by atomic mass is 9.97. The summed E-state index contributed by atoms with van der Waals surface area (Å²) >= 11 is 3.32. The molecule has 26 heavy (non-hydrogen) atoms. The SMILES string of the molecule is CCCCCCn1c(O)c(C(=O)c2ccc(Br)cc2)c(C)c(C#N)c1=O. The van der Waals surface area contributed by atoms with Gasteiger partial charge in [-0.1, -0.05) is 42.1 Å². The van der Waals surface area contributed by atoms with Gasteiger partial charge in [0.25, 0.3) is 5.56 Å². The number of halogens is 1. The lowest BCUT2D eigenvalue weighted by Crippen LogP contribution is -2.27. The number of pyridine rings is 1. The maximum Gasteiger partial charge on any atom is 0.271 e. The average molecular weight is 417 g/mol. The van der Waals surface area contributed by atoms with Gasteiger partial charge in [-0.15, -0.1) is 0 Å². The van der Waals surface area contributed by atoms with Gasteiger partial charge in [-0.05, 0) is 43.2 Å². The van der Waals surface area contributed by atoms with Gasteiger partial charge >= 0.3 is 0 Å². The largest absolute Gasteiger partial charge is 0.494 e. The highest BCUT2D eigenvalue weighted by Gasteiger charge is 2.24. The first-order valence-corrected chi connectivity index (χ1v) is 9.38. The molecule has 0 bridgehead atoms. The lowest BCUT2D eigenvalue weighted by molar-refractivity contribution is 0.103. The monoisotopic (exact) mass is 416 g/mol. The second-order valence-electron chi connectivity index (χ2n) is 6.16. The van der Waals surface area contributed by atoms with Crippen LogP contribution >= 0.6 is 15.9 Å². The Morgan fingerprint density at radius 3 is 2.46 bits per heavy atom. The molecule has 0 aliphatic carbocycles. The fraction of sp³-hybridized carbons (Fsp3) is 0.350. The number of carbonyl (C=O) groups excluding carboxylic acids is 1. The molecule has 1 heterocycles. The van der Waals surface area contributed by atoms with Crippen molar-refractivity contribution < 1.29 is 9.90 Å². The van der Waals surface area contributed by atoms with Crippen molar-refractivity contribution in [2.45, 2.75) is 46.1 Å². The number of rotatable bonds is 7. The van der Waals surface area contributed by atoms with E-state index in [4.69, 9.17) is 0 Å². The molecule has 5 nitrogen and oxygen atoms in total. The Hall–Kier alpha value is -2.39. The van der Waals surface area contributed by atoms with Crippen molar-refractivity contribution >= 4 is 21.7 Å². The van der Waals surface area contributed by atoms with Crippen LogP contribution in [0.2, 0.25) is 0 Å². The van der Waals surface area contributed by atoms with Crippen LogP contribution in [0, 0.1) is 18.3 Å². The normalized spacial score (nSPS) is 10.5. The van der Waals surface area contributed by atoms with Crippen LogP contribution in [0.5, 0.6) is 5.88 Å². The second-order valence-corrected chi connectivity index (χ2v) is 7.08. The molecule has 0 aliphatic rings. The van der Waals surface area contributed by atoms with Gasteiger partial charge in [0.1, 0.15) is 11.6 Å². The first kappa shape index (κ1) is 19.9. The molecule has 1 aromatic heterocycles. The van der Waals surface area contributed by atoms with Crippen LogP contribution in [0.25, 0.3) is 0 Å². The van der Waals surface area contributed by atoms with Gasteiger partial charge in [-0.2, -0.15) is 5.26 Å². The van der Waals surface area contributed by atoms with Gasteiger partial charge in [-0.25, -0.2) is 0 Å². The van der Waals surface area contributed by atoms with Crippen LogP contribution in [0.15, 0.2) is 33.5 Å². The molecule has 0 spiro atoms. The molecule has 0 fully saturated rings. The Bertz CT molecular complexity index is 909. The van der Waals surface area contributed by atoms with E-state index in [-0.39, 0.29) is 29.1 Å². The molecule has 136 valence electrons. The maximum atomic E-state index is 12.9. The Kier molecular flexibility index (Phi) is 6.76. The smallest absolute Gasteiger partial charge is 0.271 e. The van der Waals surface area contributed by atoms with Crippen LogP contribution in [0.3, 0.4) is 0 Å². The first-order valence-electron chi connectivity index (χ1n) is 8.59. The summed E-state index contributed by atoms with van der Waals surface area (Å²) in [5.74, 6) is -0.776. The average Bonchev–Trinajstić information content (AvgIpc) is 2.62. The highest BCUT2D eigenvalue weighted by Crippen LogP contribution is 2.26. The Morgan fingerprint density at radius 2 is 1.88 bits per heavy atom. The van der Waals surface area contributed by atoms with E-state index >= 15 is 0 Å². The highest BCUT2D eigenvalue weighted by molar-refractivity contribution is 9.10. The van der Waals surface area contributed by atoms with Crippen LogP contribution in [-0.2, 0) is 6.54 Å². The van der Waals surface area contributed by atoms with Crippen LogP contribution in [-0.4, -0.2) is 15.5 Å². The third-order valence-electron chi connectivity index (χ3n) is 4.37. The summed E-state index contributed by atoms with van der Waals surface area (Å²) in [6.45, 7) is 3.88. The van der Waals surface area contributed by atoms with E-state index in [1.807, 2.05) is 6.07 Å². The molecule has 0 radical (unpaired) electrons. The van der Waals surface area contributed by atoms with Crippen molar-refractivity contribution in [1.29, 1.82) is 5.26 Å². The van der Waals surface area contributed by atoms with Crippen molar-refractivity contribution in [2.75, 3.05) is 0 Å². The minimum absolute atomic E-state index is 0.0129. The van der Waals surface area contributed by atoms with E-state index in [9.17, 15) is 20.0 Å². The standard InChI is InChI=1S/C20H21BrN2O3/c1-3-4-5-6-11-23-19(25)16(12-22)13(2)17(20(23)26)18(24)14-7-9-15(21)10-8-14/h7-10,26H,3-6,11H2,1-2H3. The number of benzene rings is 1. The van der Waals surface area contributed by atoms with Gasteiger partial charge in [-0.3, -0.25) is 14.2 Å². The molecule has 0 amide bonds. The third-order valence-corrected chi connectivity index (χ3v) is 4.90. The van der Waals surface area contributed by atoms with Crippen molar-refractivity contribution in [3.05, 3.63) is 61.3 Å². The highest BCUT2D eigenvalue weighted by atomic mass is 79.9. The number of nitriles is 1. The number of carbonyl (C=O) groups is 1. The molecule has 2 rings (SSSR count). The third kappa shape index (κ3) is 4.05. The number of unbranched alkanes of at least 4 members (excludes halogenated alkanes) is 3. The predicted molar refractivity (Wildman–Crippen MR) is 104 cm³/mol. The molecule has 0 unspecified atom stereocenters. The van der Waals surface area contributed by atoms with Gasteiger partial charge in [0.2, 0.25) is 5.88 Å². The maximum absolute atomic E-state index is 12.9. The van der Waals surface area contributed by atoms with Crippen LogP contribution < -0.4 is 5.56 Å². The molecule has 2 aromatic rings. The van der Waals surface area contributed by atoms with Crippen molar-refractivity contribution in [2.24, 2.45) is 0 Å². The summed E-state index contributed by atoms with van der Waals surface area (Å²) < 4.78 is 1.97. The van der Waals surface area contributed by atoms with E-state index < -0.39 is 11.3 Å². The number of aromatic hydroxyl groups is 1. The summed E-state index contributed by atoms with van der Waals surface area (Å²) in [6, 6.07) is 8.61. The van der Waals surface area contributed by atoms with Crippen LogP contribution in [0.4, 0.5) is 0 Å². The fourth-order valence-corrected chi connectivity index (χ4v) is 3.14. The topological polar surface area (TPSA) is 83.1 Å². The van der Waals surface area contributed by atoms with E-state index in [2.05, 4.69) is 22.9 Å². The van der Waals surface area contributed by atoms with Gasteiger partial charge in [0, 0.05) is 16.6 Å². The Balaban J connectivity index is 2.54. The number of aromatic nitrogens is 1. The van der Waals surface area contributed by atoms with Gasteiger partial charge in [0.15, 0.2) is 5.78 Å². The molecule has 6 heteroatoms. The number of ketones is 1. The molecule has 0 saturated carbocycles. The molecule has 0 aliphatic heterocycles. The zero-order chi connectivity index (χ0) is 19.3. The van der Waals surface area contributed by atoms with E-state index in [1.54, 1.807) is 24.3 Å². The van der Waals surface area contributed by atoms with E-state index in [0.29, 0.717) is 12.0 Å². The van der Waals surface area contributed by atoms with Crippen LogP contribution in [0.1, 0.15) is 59.7 Å². The Morgan fingerprint density at radius 1 is 1.23 bits per heavy atom. The number of hydrogen-bond acceptors (Lipinski definition) is 4.